The molecule has 5 heteroatoms. The first kappa shape index (κ1) is 10.9. The van der Waals surface area contributed by atoms with Crippen LogP contribution in [0.25, 0.3) is 17.0 Å². The zero-order valence-corrected chi connectivity index (χ0v) is 10.1. The van der Waals surface area contributed by atoms with Crippen LogP contribution in [0.2, 0.25) is 0 Å². The number of H-pyrrole nitrogens is 1. The van der Waals surface area contributed by atoms with E-state index in [1.165, 1.54) is 6.92 Å². The van der Waals surface area contributed by atoms with Crippen LogP contribution in [0, 0.1) is 10.1 Å². The Morgan fingerprint density at radius 3 is 3.00 bits per heavy atom. The van der Waals surface area contributed by atoms with E-state index in [1.807, 2.05) is 18.2 Å². The van der Waals surface area contributed by atoms with Gasteiger partial charge >= 0.3 is 0 Å². The molecule has 2 aromatic rings. The van der Waals surface area contributed by atoms with E-state index in [9.17, 15) is 10.1 Å². The number of hydrogen-bond donors (Lipinski definition) is 1. The molecule has 0 unspecified atom stereocenters. The highest BCUT2D eigenvalue weighted by Gasteiger charge is 2.06. The summed E-state index contributed by atoms with van der Waals surface area (Å²) in [5.74, 6) is 0. The van der Waals surface area contributed by atoms with E-state index in [2.05, 4.69) is 20.9 Å². The third kappa shape index (κ3) is 1.99. The average Bonchev–Trinajstić information content (AvgIpc) is 2.61. The Labute approximate surface area is 100 Å². The minimum Gasteiger partial charge on any atom is -0.361 e. The molecule has 0 fully saturated rings. The number of allylic oxidation sites excluding steroid dienone is 1. The van der Waals surface area contributed by atoms with Crippen molar-refractivity contribution in [2.75, 3.05) is 0 Å². The Morgan fingerprint density at radius 2 is 2.31 bits per heavy atom. The number of nitrogens with one attached hydrogen (secondary N) is 1. The predicted molar refractivity (Wildman–Crippen MR) is 66.6 cm³/mol. The van der Waals surface area contributed by atoms with Gasteiger partial charge in [-0.25, -0.2) is 0 Å². The first-order chi connectivity index (χ1) is 7.58. The van der Waals surface area contributed by atoms with Crippen molar-refractivity contribution in [2.45, 2.75) is 6.92 Å². The summed E-state index contributed by atoms with van der Waals surface area (Å²) >= 11 is 3.38. The minimum absolute atomic E-state index is 0.126. The SMILES string of the molecule is C/C(=C\c1c[nH]c2ccc(Br)cc12)[N+](=O)[O-]. The lowest BCUT2D eigenvalue weighted by Crippen LogP contribution is -1.92. The number of rotatable bonds is 2. The van der Waals surface area contributed by atoms with Crippen LogP contribution in [-0.2, 0) is 0 Å². The molecule has 0 aliphatic heterocycles. The largest absolute Gasteiger partial charge is 0.361 e. The zero-order valence-electron chi connectivity index (χ0n) is 8.53. The lowest BCUT2D eigenvalue weighted by molar-refractivity contribution is -0.422. The number of hydrogen-bond acceptors (Lipinski definition) is 2. The molecule has 4 nitrogen and oxygen atoms in total. The van der Waals surface area contributed by atoms with Gasteiger partial charge in [0.15, 0.2) is 0 Å². The van der Waals surface area contributed by atoms with Crippen molar-refractivity contribution in [3.63, 3.8) is 0 Å². The predicted octanol–water partition coefficient (Wildman–Crippen LogP) is 3.57. The Hall–Kier alpha value is -1.62. The standard InChI is InChI=1S/C11H9BrN2O2/c1-7(14(15)16)4-8-6-13-11-3-2-9(12)5-10(8)11/h2-6,13H,1H3/b7-4+. The molecule has 0 aliphatic carbocycles. The van der Waals surface area contributed by atoms with Crippen molar-refractivity contribution in [3.05, 3.63) is 50.2 Å². The van der Waals surface area contributed by atoms with Crippen molar-refractivity contribution in [3.8, 4) is 0 Å². The Kier molecular flexibility index (Phi) is 2.78. The van der Waals surface area contributed by atoms with E-state index in [-0.39, 0.29) is 5.70 Å². The maximum absolute atomic E-state index is 10.5. The average molecular weight is 281 g/mol. The normalized spacial score (nSPS) is 12.0. The van der Waals surface area contributed by atoms with Gasteiger partial charge in [-0.15, -0.1) is 0 Å². The zero-order chi connectivity index (χ0) is 11.7. The Balaban J connectivity index is 2.57. The minimum atomic E-state index is -0.392. The van der Waals surface area contributed by atoms with Gasteiger partial charge in [0, 0.05) is 40.1 Å². The molecule has 82 valence electrons. The van der Waals surface area contributed by atoms with E-state index in [1.54, 1.807) is 12.3 Å². The van der Waals surface area contributed by atoms with Gasteiger partial charge in [0.25, 0.3) is 0 Å². The molecule has 1 aromatic heterocycles. The molecule has 0 bridgehead atoms. The summed E-state index contributed by atoms with van der Waals surface area (Å²) < 4.78 is 0.952. The molecular weight excluding hydrogens is 272 g/mol. The highest BCUT2D eigenvalue weighted by Crippen LogP contribution is 2.24. The molecule has 16 heavy (non-hydrogen) atoms. The topological polar surface area (TPSA) is 58.9 Å². The highest BCUT2D eigenvalue weighted by atomic mass is 79.9. The molecule has 1 N–H and O–H groups in total. The van der Waals surface area contributed by atoms with Crippen LogP contribution in [-0.4, -0.2) is 9.91 Å². The lowest BCUT2D eigenvalue weighted by Gasteiger charge is -1.94. The lowest BCUT2D eigenvalue weighted by atomic mass is 10.1. The number of aromatic amines is 1. The van der Waals surface area contributed by atoms with Crippen LogP contribution >= 0.6 is 15.9 Å². The third-order valence-corrected chi connectivity index (χ3v) is 2.82. The van der Waals surface area contributed by atoms with Gasteiger partial charge in [-0.3, -0.25) is 10.1 Å². The van der Waals surface area contributed by atoms with Gasteiger partial charge in [0.05, 0.1) is 4.92 Å². The van der Waals surface area contributed by atoms with Gasteiger partial charge in [0.2, 0.25) is 5.70 Å². The van der Waals surface area contributed by atoms with Crippen LogP contribution in [0.3, 0.4) is 0 Å². The molecule has 0 spiro atoms. The smallest absolute Gasteiger partial charge is 0.243 e. The molecule has 0 aliphatic rings. The van der Waals surface area contributed by atoms with Crippen molar-refractivity contribution in [1.82, 2.24) is 4.98 Å². The van der Waals surface area contributed by atoms with Crippen LogP contribution < -0.4 is 0 Å². The molecule has 0 radical (unpaired) electrons. The Bertz CT molecular complexity index is 587. The summed E-state index contributed by atoms with van der Waals surface area (Å²) in [6.45, 7) is 1.48. The monoisotopic (exact) mass is 280 g/mol. The molecule has 0 amide bonds. The summed E-state index contributed by atoms with van der Waals surface area (Å²) in [6, 6.07) is 5.79. The fourth-order valence-electron chi connectivity index (χ4n) is 1.51. The second-order valence-electron chi connectivity index (χ2n) is 3.48. The first-order valence-corrected chi connectivity index (χ1v) is 5.46. The van der Waals surface area contributed by atoms with E-state index in [0.29, 0.717) is 0 Å². The van der Waals surface area contributed by atoms with Gasteiger partial charge in [0.1, 0.15) is 0 Å². The summed E-state index contributed by atoms with van der Waals surface area (Å²) in [5, 5.41) is 11.5. The number of aromatic nitrogens is 1. The summed E-state index contributed by atoms with van der Waals surface area (Å²) in [7, 11) is 0. The highest BCUT2D eigenvalue weighted by molar-refractivity contribution is 9.10. The molecule has 0 atom stereocenters. The molecule has 1 heterocycles. The van der Waals surface area contributed by atoms with Gasteiger partial charge in [-0.1, -0.05) is 15.9 Å². The van der Waals surface area contributed by atoms with E-state index in [0.717, 1.165) is 20.9 Å². The molecular formula is C11H9BrN2O2. The van der Waals surface area contributed by atoms with Crippen LogP contribution in [0.15, 0.2) is 34.6 Å². The second-order valence-corrected chi connectivity index (χ2v) is 4.39. The fraction of sp³-hybridized carbons (Fsp3) is 0.0909. The molecule has 0 saturated carbocycles. The van der Waals surface area contributed by atoms with Crippen molar-refractivity contribution in [1.29, 1.82) is 0 Å². The van der Waals surface area contributed by atoms with Gasteiger partial charge in [-0.2, -0.15) is 0 Å². The summed E-state index contributed by atoms with van der Waals surface area (Å²) in [6.07, 6.45) is 3.33. The molecule has 0 saturated heterocycles. The van der Waals surface area contributed by atoms with E-state index >= 15 is 0 Å². The summed E-state index contributed by atoms with van der Waals surface area (Å²) in [5.41, 5.74) is 1.91. The van der Waals surface area contributed by atoms with E-state index in [4.69, 9.17) is 0 Å². The van der Waals surface area contributed by atoms with Crippen molar-refractivity contribution in [2.24, 2.45) is 0 Å². The number of benzene rings is 1. The number of nitro groups is 1. The van der Waals surface area contributed by atoms with Crippen molar-refractivity contribution < 1.29 is 4.92 Å². The third-order valence-electron chi connectivity index (χ3n) is 2.33. The maximum Gasteiger partial charge on any atom is 0.243 e. The van der Waals surface area contributed by atoms with Crippen LogP contribution in [0.4, 0.5) is 0 Å². The number of fused-ring (bicyclic) bond motifs is 1. The van der Waals surface area contributed by atoms with Gasteiger partial charge in [-0.05, 0) is 18.2 Å². The quantitative estimate of drug-likeness (QED) is 0.675. The first-order valence-electron chi connectivity index (χ1n) is 4.67. The van der Waals surface area contributed by atoms with Crippen LogP contribution in [0.5, 0.6) is 0 Å². The summed E-state index contributed by atoms with van der Waals surface area (Å²) in [4.78, 5) is 13.2. The maximum atomic E-state index is 10.5. The molecule has 2 rings (SSSR count). The Morgan fingerprint density at radius 1 is 1.56 bits per heavy atom. The van der Waals surface area contributed by atoms with E-state index < -0.39 is 4.92 Å². The molecule has 1 aromatic carbocycles. The van der Waals surface area contributed by atoms with Gasteiger partial charge < -0.3 is 4.98 Å². The number of nitrogens with zero attached hydrogens (tertiary/aromatic N) is 1. The second kappa shape index (κ2) is 4.09. The van der Waals surface area contributed by atoms with Crippen molar-refractivity contribution >= 4 is 32.9 Å². The number of halogens is 1. The fourth-order valence-corrected chi connectivity index (χ4v) is 1.87. The van der Waals surface area contributed by atoms with Crippen LogP contribution in [0.1, 0.15) is 12.5 Å².